The summed E-state index contributed by atoms with van der Waals surface area (Å²) in [6, 6.07) is 8.72. The summed E-state index contributed by atoms with van der Waals surface area (Å²) < 4.78 is 5.76. The number of para-hydroxylation sites is 1. The number of benzene rings is 1. The topological polar surface area (TPSA) is 21.3 Å². The van der Waals surface area contributed by atoms with E-state index in [1.54, 1.807) is 0 Å². The Bertz CT molecular complexity index is 297. The standard InChI is InChI=1S/C12H17NO.ClH/c1-10-5-2-3-7-12(10)14-9-11-6-4-8-13-11;/h2-3,5,7,11,13H,4,6,8-9H2,1H3;1H. The first-order valence-electron chi connectivity index (χ1n) is 5.28. The Morgan fingerprint density at radius 3 is 2.87 bits per heavy atom. The lowest BCUT2D eigenvalue weighted by Crippen LogP contribution is -2.28. The molecule has 0 radical (unpaired) electrons. The summed E-state index contributed by atoms with van der Waals surface area (Å²) in [7, 11) is 0. The number of rotatable bonds is 3. The first-order valence-corrected chi connectivity index (χ1v) is 5.28. The third-order valence-corrected chi connectivity index (χ3v) is 2.70. The highest BCUT2D eigenvalue weighted by Crippen LogP contribution is 2.17. The summed E-state index contributed by atoms with van der Waals surface area (Å²) in [5.74, 6) is 1.02. The molecule has 1 aromatic rings. The molecule has 3 heteroatoms. The maximum absolute atomic E-state index is 5.76. The summed E-state index contributed by atoms with van der Waals surface area (Å²) in [5.41, 5.74) is 1.21. The fraction of sp³-hybridized carbons (Fsp3) is 0.500. The van der Waals surface area contributed by atoms with Gasteiger partial charge in [0, 0.05) is 6.04 Å². The molecule has 1 saturated heterocycles. The van der Waals surface area contributed by atoms with E-state index in [0.717, 1.165) is 18.9 Å². The SMILES string of the molecule is Cc1ccccc1OCC1CCCN1.Cl. The van der Waals surface area contributed by atoms with Crippen LogP contribution in [-0.4, -0.2) is 19.2 Å². The van der Waals surface area contributed by atoms with Gasteiger partial charge in [0.2, 0.25) is 0 Å². The predicted molar refractivity (Wildman–Crippen MR) is 64.9 cm³/mol. The molecule has 1 aliphatic rings. The van der Waals surface area contributed by atoms with E-state index >= 15 is 0 Å². The molecule has 84 valence electrons. The van der Waals surface area contributed by atoms with Crippen molar-refractivity contribution in [1.29, 1.82) is 0 Å². The summed E-state index contributed by atoms with van der Waals surface area (Å²) in [6.07, 6.45) is 2.52. The normalized spacial score (nSPS) is 19.7. The molecule has 2 rings (SSSR count). The van der Waals surface area contributed by atoms with Crippen LogP contribution in [0.4, 0.5) is 0 Å². The lowest BCUT2D eigenvalue weighted by atomic mass is 10.2. The van der Waals surface area contributed by atoms with Gasteiger partial charge in [-0.3, -0.25) is 0 Å². The highest BCUT2D eigenvalue weighted by Gasteiger charge is 2.14. The van der Waals surface area contributed by atoms with E-state index in [0.29, 0.717) is 6.04 Å². The van der Waals surface area contributed by atoms with Crippen LogP contribution in [0.5, 0.6) is 5.75 Å². The molecule has 0 aliphatic carbocycles. The van der Waals surface area contributed by atoms with Crippen molar-refractivity contribution in [3.8, 4) is 5.75 Å². The predicted octanol–water partition coefficient (Wildman–Crippen LogP) is 2.55. The van der Waals surface area contributed by atoms with Gasteiger partial charge in [0.1, 0.15) is 12.4 Å². The zero-order chi connectivity index (χ0) is 9.80. The van der Waals surface area contributed by atoms with Gasteiger partial charge < -0.3 is 10.1 Å². The third kappa shape index (κ3) is 3.40. The van der Waals surface area contributed by atoms with E-state index < -0.39 is 0 Å². The number of halogens is 1. The number of hydrogen-bond donors (Lipinski definition) is 1. The molecule has 0 bridgehead atoms. The van der Waals surface area contributed by atoms with Gasteiger partial charge in [0.25, 0.3) is 0 Å². The smallest absolute Gasteiger partial charge is 0.122 e. The van der Waals surface area contributed by atoms with Crippen LogP contribution >= 0.6 is 12.4 Å². The van der Waals surface area contributed by atoms with Gasteiger partial charge >= 0.3 is 0 Å². The van der Waals surface area contributed by atoms with Gasteiger partial charge in [-0.1, -0.05) is 18.2 Å². The second kappa shape index (κ2) is 5.99. The maximum atomic E-state index is 5.76. The molecular formula is C12H18ClNO. The molecular weight excluding hydrogens is 210 g/mol. The summed E-state index contributed by atoms with van der Waals surface area (Å²) in [4.78, 5) is 0. The molecule has 0 spiro atoms. The van der Waals surface area contributed by atoms with Crippen molar-refractivity contribution < 1.29 is 4.74 Å². The minimum absolute atomic E-state index is 0. The van der Waals surface area contributed by atoms with E-state index in [9.17, 15) is 0 Å². The lowest BCUT2D eigenvalue weighted by Gasteiger charge is -2.13. The average Bonchev–Trinajstić information content (AvgIpc) is 2.69. The van der Waals surface area contributed by atoms with E-state index in [-0.39, 0.29) is 12.4 Å². The largest absolute Gasteiger partial charge is 0.492 e. The molecule has 2 nitrogen and oxygen atoms in total. The second-order valence-electron chi connectivity index (χ2n) is 3.87. The Hall–Kier alpha value is -0.730. The molecule has 0 aromatic heterocycles. The van der Waals surface area contributed by atoms with Crippen molar-refractivity contribution in [2.45, 2.75) is 25.8 Å². The average molecular weight is 228 g/mol. The van der Waals surface area contributed by atoms with Gasteiger partial charge in [-0.15, -0.1) is 12.4 Å². The quantitative estimate of drug-likeness (QED) is 0.857. The number of nitrogens with one attached hydrogen (secondary N) is 1. The molecule has 0 amide bonds. The zero-order valence-electron chi connectivity index (χ0n) is 9.03. The van der Waals surface area contributed by atoms with E-state index in [1.807, 2.05) is 18.2 Å². The van der Waals surface area contributed by atoms with Crippen LogP contribution in [0.15, 0.2) is 24.3 Å². The van der Waals surface area contributed by atoms with Gasteiger partial charge in [0.05, 0.1) is 0 Å². The van der Waals surface area contributed by atoms with Crippen LogP contribution in [0, 0.1) is 6.92 Å². The minimum Gasteiger partial charge on any atom is -0.492 e. The minimum atomic E-state index is 0. The highest BCUT2D eigenvalue weighted by atomic mass is 35.5. The summed E-state index contributed by atoms with van der Waals surface area (Å²) in [5, 5.41) is 3.42. The van der Waals surface area contributed by atoms with E-state index in [2.05, 4.69) is 18.3 Å². The fourth-order valence-electron chi connectivity index (χ4n) is 1.81. The van der Waals surface area contributed by atoms with E-state index in [1.165, 1.54) is 18.4 Å². The van der Waals surface area contributed by atoms with Crippen molar-refractivity contribution >= 4 is 12.4 Å². The second-order valence-corrected chi connectivity index (χ2v) is 3.87. The van der Waals surface area contributed by atoms with Crippen LogP contribution in [-0.2, 0) is 0 Å². The van der Waals surface area contributed by atoms with Crippen molar-refractivity contribution in [2.24, 2.45) is 0 Å². The molecule has 1 N–H and O–H groups in total. The Balaban J connectivity index is 0.00000112. The molecule has 15 heavy (non-hydrogen) atoms. The first kappa shape index (κ1) is 12.3. The van der Waals surface area contributed by atoms with Gasteiger partial charge in [-0.05, 0) is 37.9 Å². The van der Waals surface area contributed by atoms with Crippen LogP contribution in [0.3, 0.4) is 0 Å². The lowest BCUT2D eigenvalue weighted by molar-refractivity contribution is 0.275. The first-order chi connectivity index (χ1) is 6.86. The third-order valence-electron chi connectivity index (χ3n) is 2.70. The molecule has 1 aliphatic heterocycles. The van der Waals surface area contributed by atoms with E-state index in [4.69, 9.17) is 4.74 Å². The highest BCUT2D eigenvalue weighted by molar-refractivity contribution is 5.85. The van der Waals surface area contributed by atoms with Crippen molar-refractivity contribution in [3.05, 3.63) is 29.8 Å². The molecule has 0 saturated carbocycles. The number of aryl methyl sites for hydroxylation is 1. The monoisotopic (exact) mass is 227 g/mol. The maximum Gasteiger partial charge on any atom is 0.122 e. The summed E-state index contributed by atoms with van der Waals surface area (Å²) >= 11 is 0. The zero-order valence-corrected chi connectivity index (χ0v) is 9.85. The van der Waals surface area contributed by atoms with Crippen LogP contribution < -0.4 is 10.1 Å². The Kier molecular flexibility index (Phi) is 4.92. The Morgan fingerprint density at radius 1 is 1.40 bits per heavy atom. The van der Waals surface area contributed by atoms with Crippen molar-refractivity contribution in [2.75, 3.05) is 13.2 Å². The van der Waals surface area contributed by atoms with Gasteiger partial charge in [-0.2, -0.15) is 0 Å². The molecule has 1 atom stereocenters. The van der Waals surface area contributed by atoms with Crippen LogP contribution in [0.1, 0.15) is 18.4 Å². The molecule has 1 heterocycles. The van der Waals surface area contributed by atoms with Gasteiger partial charge in [-0.25, -0.2) is 0 Å². The number of hydrogen-bond acceptors (Lipinski definition) is 2. The molecule has 1 unspecified atom stereocenters. The van der Waals surface area contributed by atoms with Gasteiger partial charge in [0.15, 0.2) is 0 Å². The number of ether oxygens (including phenoxy) is 1. The van der Waals surface area contributed by atoms with Crippen molar-refractivity contribution in [1.82, 2.24) is 5.32 Å². The Morgan fingerprint density at radius 2 is 2.20 bits per heavy atom. The summed E-state index contributed by atoms with van der Waals surface area (Å²) in [6.45, 7) is 4.02. The fourth-order valence-corrected chi connectivity index (χ4v) is 1.81. The van der Waals surface area contributed by atoms with Crippen LogP contribution in [0.25, 0.3) is 0 Å². The van der Waals surface area contributed by atoms with Crippen molar-refractivity contribution in [3.63, 3.8) is 0 Å². The Labute approximate surface area is 97.4 Å². The van der Waals surface area contributed by atoms with Crippen LogP contribution in [0.2, 0.25) is 0 Å². The molecule has 1 fully saturated rings. The molecule has 1 aromatic carbocycles.